The zero-order valence-electron chi connectivity index (χ0n) is 9.53. The number of piperidine rings is 1. The Bertz CT molecular complexity index is 338. The summed E-state index contributed by atoms with van der Waals surface area (Å²) in [4.78, 5) is 2.43. The van der Waals surface area contributed by atoms with Crippen LogP contribution in [0.3, 0.4) is 0 Å². The van der Waals surface area contributed by atoms with Gasteiger partial charge in [0.15, 0.2) is 0 Å². The van der Waals surface area contributed by atoms with Crippen molar-refractivity contribution >= 4 is 17.3 Å². The van der Waals surface area contributed by atoms with Crippen molar-refractivity contribution in [1.29, 1.82) is 0 Å². The first-order chi connectivity index (χ1) is 7.79. The van der Waals surface area contributed by atoms with Crippen molar-refractivity contribution in [2.45, 2.75) is 19.3 Å². The van der Waals surface area contributed by atoms with Crippen molar-refractivity contribution in [3.63, 3.8) is 0 Å². The Labute approximate surface area is 102 Å². The number of rotatable bonds is 3. The van der Waals surface area contributed by atoms with Crippen LogP contribution in [-0.4, -0.2) is 19.6 Å². The van der Waals surface area contributed by atoms with Gasteiger partial charge in [0.1, 0.15) is 0 Å². The normalized spacial score (nSPS) is 21.1. The molecule has 1 aromatic carbocycles. The number of nitrogens with two attached hydrogens (primary N) is 1. The van der Waals surface area contributed by atoms with E-state index in [1.807, 2.05) is 18.2 Å². The number of halogens is 1. The van der Waals surface area contributed by atoms with Crippen LogP contribution < -0.4 is 10.6 Å². The highest BCUT2D eigenvalue weighted by Crippen LogP contribution is 2.26. The number of nitrogens with zero attached hydrogens (tertiary/aromatic N) is 1. The molecule has 1 fully saturated rings. The van der Waals surface area contributed by atoms with Crippen molar-refractivity contribution in [2.24, 2.45) is 11.7 Å². The molecular weight excluding hydrogens is 220 g/mol. The van der Waals surface area contributed by atoms with Crippen LogP contribution in [0.4, 0.5) is 5.69 Å². The lowest BCUT2D eigenvalue weighted by atomic mass is 9.94. The summed E-state index contributed by atoms with van der Waals surface area (Å²) >= 11 is 6.01. The number of hydrogen-bond acceptors (Lipinski definition) is 2. The van der Waals surface area contributed by atoms with E-state index in [1.165, 1.54) is 18.5 Å². The molecule has 1 atom stereocenters. The summed E-state index contributed by atoms with van der Waals surface area (Å²) in [5, 5.41) is 0.818. The zero-order valence-corrected chi connectivity index (χ0v) is 10.3. The fourth-order valence-corrected chi connectivity index (χ4v) is 2.63. The molecule has 2 rings (SSSR count). The van der Waals surface area contributed by atoms with Gasteiger partial charge in [-0.2, -0.15) is 0 Å². The predicted molar refractivity (Wildman–Crippen MR) is 70.1 cm³/mol. The molecule has 0 saturated carbocycles. The van der Waals surface area contributed by atoms with Gasteiger partial charge in [-0.25, -0.2) is 0 Å². The Morgan fingerprint density at radius 2 is 2.31 bits per heavy atom. The SMILES string of the molecule is NCCC1CCCN(c2cccc(Cl)c2)C1. The minimum Gasteiger partial charge on any atom is -0.371 e. The molecule has 1 aliphatic heterocycles. The zero-order chi connectivity index (χ0) is 11.4. The van der Waals surface area contributed by atoms with Crippen LogP contribution in [0, 0.1) is 5.92 Å². The van der Waals surface area contributed by atoms with E-state index in [1.54, 1.807) is 0 Å². The fraction of sp³-hybridized carbons (Fsp3) is 0.538. The molecule has 1 aromatic rings. The first-order valence-corrected chi connectivity index (χ1v) is 6.38. The molecule has 3 heteroatoms. The highest BCUT2D eigenvalue weighted by Gasteiger charge is 2.19. The molecule has 1 unspecified atom stereocenters. The molecule has 0 bridgehead atoms. The van der Waals surface area contributed by atoms with Gasteiger partial charge in [-0.05, 0) is 49.9 Å². The summed E-state index contributed by atoms with van der Waals surface area (Å²) in [5.74, 6) is 0.748. The highest BCUT2D eigenvalue weighted by atomic mass is 35.5. The van der Waals surface area contributed by atoms with Gasteiger partial charge in [-0.1, -0.05) is 17.7 Å². The average molecular weight is 239 g/mol. The molecule has 0 radical (unpaired) electrons. The van der Waals surface area contributed by atoms with E-state index in [-0.39, 0.29) is 0 Å². The van der Waals surface area contributed by atoms with Gasteiger partial charge < -0.3 is 10.6 Å². The summed E-state index contributed by atoms with van der Waals surface area (Å²) in [7, 11) is 0. The maximum atomic E-state index is 6.01. The monoisotopic (exact) mass is 238 g/mol. The van der Waals surface area contributed by atoms with Gasteiger partial charge in [0.2, 0.25) is 0 Å². The van der Waals surface area contributed by atoms with Crippen molar-refractivity contribution in [3.05, 3.63) is 29.3 Å². The maximum absolute atomic E-state index is 6.01. The third-order valence-corrected chi connectivity index (χ3v) is 3.50. The van der Waals surface area contributed by atoms with E-state index in [0.717, 1.165) is 37.0 Å². The Kier molecular flexibility index (Phi) is 4.08. The molecule has 16 heavy (non-hydrogen) atoms. The molecule has 0 amide bonds. The van der Waals surface area contributed by atoms with Gasteiger partial charge in [0, 0.05) is 23.8 Å². The summed E-state index contributed by atoms with van der Waals surface area (Å²) in [6, 6.07) is 8.12. The van der Waals surface area contributed by atoms with Crippen LogP contribution in [0.1, 0.15) is 19.3 Å². The van der Waals surface area contributed by atoms with Crippen molar-refractivity contribution < 1.29 is 0 Å². The van der Waals surface area contributed by atoms with E-state index >= 15 is 0 Å². The lowest BCUT2D eigenvalue weighted by molar-refractivity contribution is 0.396. The quantitative estimate of drug-likeness (QED) is 0.878. The smallest absolute Gasteiger partial charge is 0.0426 e. The lowest BCUT2D eigenvalue weighted by Gasteiger charge is -2.34. The van der Waals surface area contributed by atoms with Crippen molar-refractivity contribution in [1.82, 2.24) is 0 Å². The Morgan fingerprint density at radius 1 is 1.44 bits per heavy atom. The third-order valence-electron chi connectivity index (χ3n) is 3.27. The van der Waals surface area contributed by atoms with Gasteiger partial charge in [-0.3, -0.25) is 0 Å². The summed E-state index contributed by atoms with van der Waals surface area (Å²) in [6.07, 6.45) is 3.71. The molecular formula is C13H19ClN2. The van der Waals surface area contributed by atoms with Gasteiger partial charge >= 0.3 is 0 Å². The highest BCUT2D eigenvalue weighted by molar-refractivity contribution is 6.30. The van der Waals surface area contributed by atoms with Crippen molar-refractivity contribution in [2.75, 3.05) is 24.5 Å². The Balaban J connectivity index is 2.03. The second-order valence-corrected chi connectivity index (χ2v) is 4.95. The molecule has 0 aliphatic carbocycles. The van der Waals surface area contributed by atoms with Crippen LogP contribution in [0.15, 0.2) is 24.3 Å². The van der Waals surface area contributed by atoms with Gasteiger partial charge in [0.25, 0.3) is 0 Å². The molecule has 2 N–H and O–H groups in total. The van der Waals surface area contributed by atoms with Gasteiger partial charge in [-0.15, -0.1) is 0 Å². The molecule has 1 heterocycles. The van der Waals surface area contributed by atoms with E-state index in [0.29, 0.717) is 0 Å². The molecule has 1 saturated heterocycles. The number of hydrogen-bond donors (Lipinski definition) is 1. The second-order valence-electron chi connectivity index (χ2n) is 4.51. The Hall–Kier alpha value is -0.730. The molecule has 2 nitrogen and oxygen atoms in total. The van der Waals surface area contributed by atoms with E-state index < -0.39 is 0 Å². The van der Waals surface area contributed by atoms with Crippen LogP contribution >= 0.6 is 11.6 Å². The maximum Gasteiger partial charge on any atom is 0.0426 e. The van der Waals surface area contributed by atoms with Crippen molar-refractivity contribution in [3.8, 4) is 0 Å². The van der Waals surface area contributed by atoms with Gasteiger partial charge in [0.05, 0.1) is 0 Å². The second kappa shape index (κ2) is 5.55. The molecule has 1 aliphatic rings. The lowest BCUT2D eigenvalue weighted by Crippen LogP contribution is -2.36. The summed E-state index contributed by atoms with van der Waals surface area (Å²) in [6.45, 7) is 3.06. The minimum atomic E-state index is 0.748. The fourth-order valence-electron chi connectivity index (χ4n) is 2.44. The summed E-state index contributed by atoms with van der Waals surface area (Å²) in [5.41, 5.74) is 6.87. The van der Waals surface area contributed by atoms with E-state index in [2.05, 4.69) is 11.0 Å². The van der Waals surface area contributed by atoms with E-state index in [4.69, 9.17) is 17.3 Å². The first kappa shape index (κ1) is 11.7. The van der Waals surface area contributed by atoms with Crippen LogP contribution in [-0.2, 0) is 0 Å². The number of anilines is 1. The number of benzene rings is 1. The van der Waals surface area contributed by atoms with E-state index in [9.17, 15) is 0 Å². The molecule has 88 valence electrons. The summed E-state index contributed by atoms with van der Waals surface area (Å²) < 4.78 is 0. The largest absolute Gasteiger partial charge is 0.371 e. The standard InChI is InChI=1S/C13H19ClN2/c14-12-4-1-5-13(9-12)16-8-2-3-11(10-16)6-7-15/h1,4-5,9,11H,2-3,6-8,10,15H2. The molecule has 0 aromatic heterocycles. The average Bonchev–Trinajstić information content (AvgIpc) is 2.30. The van der Waals surface area contributed by atoms with Crippen LogP contribution in [0.5, 0.6) is 0 Å². The molecule has 0 spiro atoms. The third kappa shape index (κ3) is 2.89. The Morgan fingerprint density at radius 3 is 3.06 bits per heavy atom. The first-order valence-electron chi connectivity index (χ1n) is 6.00. The topological polar surface area (TPSA) is 29.3 Å². The van der Waals surface area contributed by atoms with Crippen LogP contribution in [0.25, 0.3) is 0 Å². The minimum absolute atomic E-state index is 0.748. The van der Waals surface area contributed by atoms with Crippen LogP contribution in [0.2, 0.25) is 5.02 Å². The predicted octanol–water partition coefficient (Wildman–Crippen LogP) is 2.91.